The van der Waals surface area contributed by atoms with E-state index < -0.39 is 18.0 Å². The summed E-state index contributed by atoms with van der Waals surface area (Å²) in [4.78, 5) is 44.3. The molecule has 210 valence electrons. The highest BCUT2D eigenvalue weighted by Gasteiger charge is 2.34. The van der Waals surface area contributed by atoms with Crippen molar-refractivity contribution in [3.8, 4) is 5.75 Å². The predicted octanol–water partition coefficient (Wildman–Crippen LogP) is 4.55. The lowest BCUT2D eigenvalue weighted by Crippen LogP contribution is -2.40. The van der Waals surface area contributed by atoms with Gasteiger partial charge in [0.2, 0.25) is 0 Å². The van der Waals surface area contributed by atoms with Gasteiger partial charge < -0.3 is 14.2 Å². The lowest BCUT2D eigenvalue weighted by atomic mass is 9.96. The molecule has 2 heterocycles. The quantitative estimate of drug-likeness (QED) is 0.280. The second kappa shape index (κ2) is 12.1. The van der Waals surface area contributed by atoms with Crippen LogP contribution in [0.3, 0.4) is 0 Å². The van der Waals surface area contributed by atoms with Gasteiger partial charge >= 0.3 is 11.9 Å². The van der Waals surface area contributed by atoms with Crippen LogP contribution in [0.4, 0.5) is 0 Å². The van der Waals surface area contributed by atoms with E-state index in [1.807, 2.05) is 30.3 Å². The predicted molar refractivity (Wildman–Crippen MR) is 158 cm³/mol. The fourth-order valence-corrected chi connectivity index (χ4v) is 6.07. The molecule has 5 rings (SSSR count). The molecule has 0 saturated carbocycles. The Morgan fingerprint density at radius 3 is 2.51 bits per heavy atom. The molecule has 0 radical (unpaired) electrons. The normalized spacial score (nSPS) is 14.9. The lowest BCUT2D eigenvalue weighted by Gasteiger charge is -2.25. The zero-order chi connectivity index (χ0) is 29.1. The van der Waals surface area contributed by atoms with Crippen LogP contribution in [0.25, 0.3) is 16.8 Å². The zero-order valence-electron chi connectivity index (χ0n) is 22.7. The number of nitrogens with zero attached hydrogens (tertiary/aromatic N) is 2. The molecular formula is C31H27ClN2O6S. The van der Waals surface area contributed by atoms with Crippen molar-refractivity contribution in [2.45, 2.75) is 26.8 Å². The Bertz CT molecular complexity index is 1870. The summed E-state index contributed by atoms with van der Waals surface area (Å²) in [5.74, 6) is -0.627. The number of halogens is 1. The maximum Gasteiger partial charge on any atom is 0.344 e. The fourth-order valence-electron chi connectivity index (χ4n) is 4.80. The Hall–Kier alpha value is -4.21. The smallest absolute Gasteiger partial charge is 0.344 e. The minimum absolute atomic E-state index is 0.172. The molecule has 8 nitrogen and oxygen atoms in total. The second-order valence-corrected chi connectivity index (χ2v) is 10.5. The molecular weight excluding hydrogens is 564 g/mol. The molecule has 1 aliphatic heterocycles. The van der Waals surface area contributed by atoms with E-state index in [0.29, 0.717) is 36.9 Å². The minimum Gasteiger partial charge on any atom is -0.481 e. The SMILES string of the molecule is CCOC(=O)COc1ccc2ccccc2c1C=c1sc2n(c1=O)[C@H](c1ccccc1Cl)C(C(=O)OCC)=C(C)N=2. The first-order valence-corrected chi connectivity index (χ1v) is 14.3. The van der Waals surface area contributed by atoms with Crippen LogP contribution in [0.1, 0.15) is 37.9 Å². The van der Waals surface area contributed by atoms with Crippen molar-refractivity contribution in [2.75, 3.05) is 19.8 Å². The van der Waals surface area contributed by atoms with Crippen LogP contribution in [-0.4, -0.2) is 36.3 Å². The van der Waals surface area contributed by atoms with Crippen LogP contribution < -0.4 is 19.6 Å². The maximum atomic E-state index is 14.1. The van der Waals surface area contributed by atoms with Crippen LogP contribution in [0, 0.1) is 0 Å². The van der Waals surface area contributed by atoms with Gasteiger partial charge in [-0.25, -0.2) is 14.6 Å². The lowest BCUT2D eigenvalue weighted by molar-refractivity contribution is -0.145. The number of benzene rings is 3. The highest BCUT2D eigenvalue weighted by atomic mass is 35.5. The van der Waals surface area contributed by atoms with Gasteiger partial charge in [0.05, 0.1) is 29.0 Å². The number of thiazole rings is 1. The molecule has 0 aliphatic carbocycles. The summed E-state index contributed by atoms with van der Waals surface area (Å²) in [6, 6.07) is 17.6. The zero-order valence-corrected chi connectivity index (χ0v) is 24.3. The van der Waals surface area contributed by atoms with E-state index in [4.69, 9.17) is 25.8 Å². The van der Waals surface area contributed by atoms with Crippen molar-refractivity contribution in [1.82, 2.24) is 4.57 Å². The summed E-state index contributed by atoms with van der Waals surface area (Å²) in [7, 11) is 0. The Kier molecular flexibility index (Phi) is 8.37. The summed E-state index contributed by atoms with van der Waals surface area (Å²) >= 11 is 7.79. The van der Waals surface area contributed by atoms with E-state index in [2.05, 4.69) is 4.99 Å². The molecule has 0 N–H and O–H groups in total. The van der Waals surface area contributed by atoms with Gasteiger partial charge in [0.15, 0.2) is 11.4 Å². The van der Waals surface area contributed by atoms with Crippen molar-refractivity contribution in [1.29, 1.82) is 0 Å². The summed E-state index contributed by atoms with van der Waals surface area (Å²) in [5.41, 5.74) is 1.57. The molecule has 1 aromatic heterocycles. The van der Waals surface area contributed by atoms with Gasteiger partial charge in [-0.3, -0.25) is 9.36 Å². The van der Waals surface area contributed by atoms with Crippen molar-refractivity contribution < 1.29 is 23.8 Å². The molecule has 0 unspecified atom stereocenters. The summed E-state index contributed by atoms with van der Waals surface area (Å²) in [6.07, 6.45) is 1.74. The van der Waals surface area contributed by atoms with Crippen LogP contribution in [0.5, 0.6) is 5.75 Å². The molecule has 10 heteroatoms. The number of fused-ring (bicyclic) bond motifs is 2. The Labute approximate surface area is 244 Å². The van der Waals surface area contributed by atoms with E-state index in [-0.39, 0.29) is 31.0 Å². The van der Waals surface area contributed by atoms with Gasteiger partial charge in [0.1, 0.15) is 11.8 Å². The highest BCUT2D eigenvalue weighted by molar-refractivity contribution is 7.07. The van der Waals surface area contributed by atoms with E-state index in [1.54, 1.807) is 57.2 Å². The second-order valence-electron chi connectivity index (χ2n) is 9.12. The van der Waals surface area contributed by atoms with Crippen molar-refractivity contribution in [3.05, 3.63) is 108 Å². The fraction of sp³-hybridized carbons (Fsp3) is 0.226. The van der Waals surface area contributed by atoms with Crippen LogP contribution in [0.15, 0.2) is 81.7 Å². The number of rotatable bonds is 8. The van der Waals surface area contributed by atoms with E-state index in [0.717, 1.165) is 10.8 Å². The number of esters is 2. The number of carbonyl (C=O) groups excluding carboxylic acids is 2. The third-order valence-corrected chi connectivity index (χ3v) is 7.90. The number of ether oxygens (including phenoxy) is 3. The molecule has 3 aromatic carbocycles. The molecule has 0 saturated heterocycles. The standard InChI is InChI=1S/C31H27ClN2O6S/c1-4-38-26(35)17-40-24-15-14-19-10-6-7-11-20(19)22(24)16-25-29(36)34-28(21-12-8-9-13-23(21)32)27(30(37)39-5-2)18(3)33-31(34)41-25/h6-16,28H,4-5,17H2,1-3H3/t28-/m1/s1. The van der Waals surface area contributed by atoms with Crippen LogP contribution in [-0.2, 0) is 19.1 Å². The number of allylic oxidation sites excluding steroid dienone is 1. The first-order chi connectivity index (χ1) is 19.8. The number of hydrogen-bond acceptors (Lipinski definition) is 8. The van der Waals surface area contributed by atoms with Gasteiger partial charge in [0.25, 0.3) is 5.56 Å². The molecule has 0 fully saturated rings. The highest BCUT2D eigenvalue weighted by Crippen LogP contribution is 2.34. The molecule has 1 atom stereocenters. The molecule has 1 aliphatic rings. The number of aromatic nitrogens is 1. The average Bonchev–Trinajstić information content (AvgIpc) is 3.26. The van der Waals surface area contributed by atoms with Crippen LogP contribution >= 0.6 is 22.9 Å². The van der Waals surface area contributed by atoms with Crippen molar-refractivity contribution in [3.63, 3.8) is 0 Å². The summed E-state index contributed by atoms with van der Waals surface area (Å²) in [6.45, 7) is 5.31. The van der Waals surface area contributed by atoms with Crippen molar-refractivity contribution >= 4 is 51.7 Å². The van der Waals surface area contributed by atoms with E-state index in [9.17, 15) is 14.4 Å². The van der Waals surface area contributed by atoms with Gasteiger partial charge in [0, 0.05) is 10.6 Å². The van der Waals surface area contributed by atoms with Gasteiger partial charge in [-0.2, -0.15) is 0 Å². The molecule has 41 heavy (non-hydrogen) atoms. The number of carbonyl (C=O) groups is 2. The molecule has 0 amide bonds. The van der Waals surface area contributed by atoms with Gasteiger partial charge in [-0.15, -0.1) is 0 Å². The van der Waals surface area contributed by atoms with Crippen LogP contribution in [0.2, 0.25) is 5.02 Å². The van der Waals surface area contributed by atoms with Gasteiger partial charge in [-0.05, 0) is 55.3 Å². The maximum absolute atomic E-state index is 14.1. The van der Waals surface area contributed by atoms with E-state index in [1.165, 1.54) is 15.9 Å². The number of hydrogen-bond donors (Lipinski definition) is 0. The largest absolute Gasteiger partial charge is 0.481 e. The topological polar surface area (TPSA) is 96.2 Å². The Morgan fingerprint density at radius 1 is 1.02 bits per heavy atom. The van der Waals surface area contributed by atoms with Gasteiger partial charge in [-0.1, -0.05) is 71.5 Å². The monoisotopic (exact) mass is 590 g/mol. The van der Waals surface area contributed by atoms with Crippen molar-refractivity contribution in [2.24, 2.45) is 4.99 Å². The Morgan fingerprint density at radius 2 is 1.76 bits per heavy atom. The van der Waals surface area contributed by atoms with E-state index >= 15 is 0 Å². The summed E-state index contributed by atoms with van der Waals surface area (Å²) in [5, 5.41) is 2.18. The molecule has 0 spiro atoms. The minimum atomic E-state index is -0.826. The molecule has 4 aromatic rings. The Balaban J connectivity index is 1.73. The first kappa shape index (κ1) is 28.3. The average molecular weight is 591 g/mol. The third kappa shape index (κ3) is 5.55. The third-order valence-electron chi connectivity index (χ3n) is 6.57. The summed E-state index contributed by atoms with van der Waals surface area (Å²) < 4.78 is 18.1. The molecule has 0 bridgehead atoms. The first-order valence-electron chi connectivity index (χ1n) is 13.1.